The molecule has 0 saturated carbocycles. The number of aliphatic hydroxyl groups is 1. The van der Waals surface area contributed by atoms with E-state index >= 15 is 0 Å². The minimum Gasteiger partial charge on any atom is -0.478 e. The Morgan fingerprint density at radius 2 is 2.25 bits per heavy atom. The average molecular weight is 224 g/mol. The van der Waals surface area contributed by atoms with Crippen LogP contribution in [-0.2, 0) is 6.42 Å². The smallest absolute Gasteiger partial charge is 0.335 e. The summed E-state index contributed by atoms with van der Waals surface area (Å²) < 4.78 is 0. The first-order valence-corrected chi connectivity index (χ1v) is 5.18. The molecule has 0 aliphatic carbocycles. The molecule has 5 heteroatoms. The molecule has 0 radical (unpaired) electrons. The van der Waals surface area contributed by atoms with Crippen molar-refractivity contribution in [2.45, 2.75) is 26.3 Å². The molecule has 3 N–H and O–H groups in total. The average Bonchev–Trinajstić information content (AvgIpc) is 2.28. The lowest BCUT2D eigenvalue weighted by molar-refractivity contribution is 0.0696. The van der Waals surface area contributed by atoms with Gasteiger partial charge in [-0.25, -0.2) is 9.78 Å². The summed E-state index contributed by atoms with van der Waals surface area (Å²) in [6, 6.07) is 2.87. The van der Waals surface area contributed by atoms with Crippen LogP contribution in [0.2, 0.25) is 0 Å². The lowest BCUT2D eigenvalue weighted by Crippen LogP contribution is -2.20. The van der Waals surface area contributed by atoms with Crippen molar-refractivity contribution in [3.8, 4) is 0 Å². The molecule has 1 unspecified atom stereocenters. The van der Waals surface area contributed by atoms with Crippen LogP contribution in [0.15, 0.2) is 12.1 Å². The summed E-state index contributed by atoms with van der Waals surface area (Å²) in [5.74, 6) is -0.491. The minimum absolute atomic E-state index is 0.0273. The van der Waals surface area contributed by atoms with E-state index in [4.69, 9.17) is 10.2 Å². The number of hydrogen-bond acceptors (Lipinski definition) is 4. The molecule has 1 atom stereocenters. The van der Waals surface area contributed by atoms with Crippen molar-refractivity contribution in [3.05, 3.63) is 23.4 Å². The molecule has 0 saturated heterocycles. The number of aromatic nitrogens is 1. The Morgan fingerprint density at radius 1 is 1.56 bits per heavy atom. The van der Waals surface area contributed by atoms with Gasteiger partial charge in [-0.2, -0.15) is 0 Å². The number of aliphatic hydroxyl groups excluding tert-OH is 1. The molecule has 16 heavy (non-hydrogen) atoms. The fourth-order valence-corrected chi connectivity index (χ4v) is 1.26. The van der Waals surface area contributed by atoms with Crippen molar-refractivity contribution in [2.24, 2.45) is 0 Å². The first-order valence-electron chi connectivity index (χ1n) is 5.18. The number of aryl methyl sites for hydroxylation is 1. The second kappa shape index (κ2) is 5.46. The van der Waals surface area contributed by atoms with Crippen molar-refractivity contribution in [2.75, 3.05) is 11.9 Å². The highest BCUT2D eigenvalue weighted by Crippen LogP contribution is 2.12. The number of anilines is 1. The highest BCUT2D eigenvalue weighted by atomic mass is 16.4. The Kier molecular flexibility index (Phi) is 4.25. The van der Waals surface area contributed by atoms with Crippen LogP contribution in [0.1, 0.15) is 29.9 Å². The van der Waals surface area contributed by atoms with E-state index < -0.39 is 5.97 Å². The number of aromatic carboxylic acids is 1. The molecule has 88 valence electrons. The van der Waals surface area contributed by atoms with Crippen LogP contribution in [0.5, 0.6) is 0 Å². The topological polar surface area (TPSA) is 82.5 Å². The van der Waals surface area contributed by atoms with E-state index in [-0.39, 0.29) is 18.2 Å². The van der Waals surface area contributed by atoms with E-state index in [0.717, 1.165) is 0 Å². The zero-order chi connectivity index (χ0) is 12.1. The molecule has 1 aromatic rings. The molecule has 1 rings (SSSR count). The predicted octanol–water partition coefficient (Wildman–Crippen LogP) is 1.13. The number of nitrogens with zero attached hydrogens (tertiary/aromatic N) is 1. The van der Waals surface area contributed by atoms with Gasteiger partial charge in [0.05, 0.1) is 12.2 Å². The maximum absolute atomic E-state index is 10.9. The van der Waals surface area contributed by atoms with Gasteiger partial charge in [-0.3, -0.25) is 0 Å². The summed E-state index contributed by atoms with van der Waals surface area (Å²) in [4.78, 5) is 15.1. The molecule has 5 nitrogen and oxygen atoms in total. The van der Waals surface area contributed by atoms with Crippen LogP contribution in [0.4, 0.5) is 5.82 Å². The van der Waals surface area contributed by atoms with Crippen molar-refractivity contribution in [1.29, 1.82) is 0 Å². The second-order valence-electron chi connectivity index (χ2n) is 3.62. The third-order valence-electron chi connectivity index (χ3n) is 2.16. The van der Waals surface area contributed by atoms with E-state index in [1.165, 1.54) is 6.07 Å². The Bertz CT molecular complexity index is 379. The third-order valence-corrected chi connectivity index (χ3v) is 2.16. The third kappa shape index (κ3) is 3.20. The van der Waals surface area contributed by atoms with Crippen LogP contribution in [0.3, 0.4) is 0 Å². The molecule has 0 bridgehead atoms. The zero-order valence-electron chi connectivity index (χ0n) is 9.40. The molecule has 1 heterocycles. The van der Waals surface area contributed by atoms with E-state index in [2.05, 4.69) is 10.3 Å². The lowest BCUT2D eigenvalue weighted by Gasteiger charge is -2.12. The summed E-state index contributed by atoms with van der Waals surface area (Å²) in [5, 5.41) is 20.7. The van der Waals surface area contributed by atoms with Crippen LogP contribution >= 0.6 is 0 Å². The standard InChI is InChI=1S/C11H16N2O3/c1-3-9-4-8(11(15)16)5-10(13-9)12-7(2)6-14/h4-5,7,14H,3,6H2,1-2H3,(H,12,13)(H,15,16). The Hall–Kier alpha value is -1.62. The van der Waals surface area contributed by atoms with Gasteiger partial charge in [0.25, 0.3) is 0 Å². The fraction of sp³-hybridized carbons (Fsp3) is 0.455. The monoisotopic (exact) mass is 224 g/mol. The van der Waals surface area contributed by atoms with E-state index in [9.17, 15) is 4.79 Å². The molecule has 1 aromatic heterocycles. The summed E-state index contributed by atoms with van der Waals surface area (Å²) in [5.41, 5.74) is 0.923. The van der Waals surface area contributed by atoms with Gasteiger partial charge >= 0.3 is 5.97 Å². The molecular formula is C11H16N2O3. The van der Waals surface area contributed by atoms with Crippen LogP contribution < -0.4 is 5.32 Å². The molecule has 0 aromatic carbocycles. The van der Waals surface area contributed by atoms with Crippen molar-refractivity contribution >= 4 is 11.8 Å². The number of hydrogen-bond donors (Lipinski definition) is 3. The Morgan fingerprint density at radius 3 is 2.75 bits per heavy atom. The SMILES string of the molecule is CCc1cc(C(=O)O)cc(NC(C)CO)n1. The van der Waals surface area contributed by atoms with E-state index in [1.54, 1.807) is 13.0 Å². The first kappa shape index (κ1) is 12.4. The van der Waals surface area contributed by atoms with E-state index in [0.29, 0.717) is 17.9 Å². The Labute approximate surface area is 94.1 Å². The van der Waals surface area contributed by atoms with Gasteiger partial charge in [-0.1, -0.05) is 6.92 Å². The van der Waals surface area contributed by atoms with Crippen LogP contribution in [0, 0.1) is 0 Å². The fourth-order valence-electron chi connectivity index (χ4n) is 1.26. The molecule has 0 aliphatic heterocycles. The van der Waals surface area contributed by atoms with Crippen LogP contribution in [-0.4, -0.2) is 33.8 Å². The van der Waals surface area contributed by atoms with Crippen molar-refractivity contribution in [1.82, 2.24) is 4.98 Å². The number of pyridine rings is 1. The second-order valence-corrected chi connectivity index (χ2v) is 3.62. The lowest BCUT2D eigenvalue weighted by atomic mass is 10.2. The number of rotatable bonds is 5. The van der Waals surface area contributed by atoms with Gasteiger partial charge in [0.15, 0.2) is 0 Å². The summed E-state index contributed by atoms with van der Waals surface area (Å²) in [6.45, 7) is 3.67. The zero-order valence-corrected chi connectivity index (χ0v) is 9.40. The first-order chi connectivity index (χ1) is 7.56. The normalized spacial score (nSPS) is 12.2. The number of carboxylic acid groups (broad SMARTS) is 1. The summed E-state index contributed by atoms with van der Waals surface area (Å²) in [7, 11) is 0. The molecular weight excluding hydrogens is 208 g/mol. The molecule has 0 fully saturated rings. The predicted molar refractivity (Wildman–Crippen MR) is 60.7 cm³/mol. The highest BCUT2D eigenvalue weighted by Gasteiger charge is 2.09. The van der Waals surface area contributed by atoms with Gasteiger partial charge in [-0.05, 0) is 25.5 Å². The maximum Gasteiger partial charge on any atom is 0.335 e. The van der Waals surface area contributed by atoms with Gasteiger partial charge in [0, 0.05) is 11.7 Å². The number of carbonyl (C=O) groups is 1. The quantitative estimate of drug-likeness (QED) is 0.698. The number of nitrogens with one attached hydrogen (secondary N) is 1. The summed E-state index contributed by atoms with van der Waals surface area (Å²) >= 11 is 0. The van der Waals surface area contributed by atoms with Gasteiger partial charge in [0.2, 0.25) is 0 Å². The largest absolute Gasteiger partial charge is 0.478 e. The van der Waals surface area contributed by atoms with Gasteiger partial charge in [-0.15, -0.1) is 0 Å². The molecule has 0 aliphatic rings. The van der Waals surface area contributed by atoms with Crippen molar-refractivity contribution < 1.29 is 15.0 Å². The van der Waals surface area contributed by atoms with Gasteiger partial charge in [0.1, 0.15) is 5.82 Å². The number of carboxylic acids is 1. The molecule has 0 amide bonds. The Balaban J connectivity index is 2.99. The minimum atomic E-state index is -0.975. The van der Waals surface area contributed by atoms with E-state index in [1.807, 2.05) is 6.92 Å². The summed E-state index contributed by atoms with van der Waals surface area (Å²) in [6.07, 6.45) is 0.670. The van der Waals surface area contributed by atoms with Crippen molar-refractivity contribution in [3.63, 3.8) is 0 Å². The van der Waals surface area contributed by atoms with Crippen LogP contribution in [0.25, 0.3) is 0 Å². The van der Waals surface area contributed by atoms with Gasteiger partial charge < -0.3 is 15.5 Å². The molecule has 0 spiro atoms. The maximum atomic E-state index is 10.9. The highest BCUT2D eigenvalue weighted by molar-refractivity contribution is 5.88.